The van der Waals surface area contributed by atoms with E-state index in [2.05, 4.69) is 15.9 Å². The zero-order valence-electron chi connectivity index (χ0n) is 5.57. The van der Waals surface area contributed by atoms with E-state index in [-0.39, 0.29) is 4.47 Å². The van der Waals surface area contributed by atoms with Crippen LogP contribution >= 0.6 is 27.5 Å². The Labute approximate surface area is 80.5 Å². The van der Waals surface area contributed by atoms with Crippen LogP contribution in [0.25, 0.3) is 0 Å². The molecule has 0 unspecified atom stereocenters. The van der Waals surface area contributed by atoms with Gasteiger partial charge < -0.3 is 0 Å². The second-order valence-corrected chi connectivity index (χ2v) is 3.19. The van der Waals surface area contributed by atoms with Crippen molar-refractivity contribution >= 4 is 32.8 Å². The Kier molecular flexibility index (Phi) is 2.80. The lowest BCUT2D eigenvalue weighted by Gasteiger charge is -1.99. The van der Waals surface area contributed by atoms with E-state index < -0.39 is 22.4 Å². The van der Waals surface area contributed by atoms with Crippen LogP contribution in [0.5, 0.6) is 0 Å². The lowest BCUT2D eigenvalue weighted by molar-refractivity contribution is 0.107. The topological polar surface area (TPSA) is 17.1 Å². The van der Waals surface area contributed by atoms with Gasteiger partial charge in [-0.25, -0.2) is 8.78 Å². The first kappa shape index (κ1) is 9.61. The van der Waals surface area contributed by atoms with Crippen LogP contribution in [0.1, 0.15) is 10.4 Å². The van der Waals surface area contributed by atoms with Crippen molar-refractivity contribution in [3.63, 3.8) is 0 Å². The third kappa shape index (κ3) is 1.64. The highest BCUT2D eigenvalue weighted by Gasteiger charge is 2.15. The number of carbonyl (C=O) groups is 1. The molecule has 1 rings (SSSR count). The van der Waals surface area contributed by atoms with Crippen LogP contribution < -0.4 is 0 Å². The summed E-state index contributed by atoms with van der Waals surface area (Å²) in [6.07, 6.45) is 0. The number of hydrogen-bond acceptors (Lipinski definition) is 1. The molecule has 0 atom stereocenters. The van der Waals surface area contributed by atoms with Crippen molar-refractivity contribution in [2.75, 3.05) is 0 Å². The molecule has 0 heterocycles. The van der Waals surface area contributed by atoms with Crippen LogP contribution in [-0.2, 0) is 0 Å². The maximum absolute atomic E-state index is 12.8. The van der Waals surface area contributed by atoms with Crippen molar-refractivity contribution in [1.82, 2.24) is 0 Å². The molecule has 0 fully saturated rings. The Morgan fingerprint density at radius 1 is 1.33 bits per heavy atom. The first-order valence-corrected chi connectivity index (χ1v) is 4.04. The molecule has 1 nitrogen and oxygen atoms in total. The SMILES string of the molecule is O=C(Cl)c1ccc(Br)c(F)c1F. The van der Waals surface area contributed by atoms with Gasteiger partial charge in [-0.1, -0.05) is 0 Å². The van der Waals surface area contributed by atoms with Gasteiger partial charge in [0.05, 0.1) is 10.0 Å². The molecule has 0 N–H and O–H groups in total. The fourth-order valence-corrected chi connectivity index (χ4v) is 1.13. The fourth-order valence-electron chi connectivity index (χ4n) is 0.678. The van der Waals surface area contributed by atoms with Crippen LogP contribution in [-0.4, -0.2) is 5.24 Å². The molecule has 0 saturated carbocycles. The molecule has 5 heteroatoms. The lowest BCUT2D eigenvalue weighted by atomic mass is 10.2. The Morgan fingerprint density at radius 2 is 1.92 bits per heavy atom. The maximum atomic E-state index is 12.8. The maximum Gasteiger partial charge on any atom is 0.255 e. The molecule has 64 valence electrons. The van der Waals surface area contributed by atoms with Gasteiger partial charge in [0.1, 0.15) is 0 Å². The molecular weight excluding hydrogens is 253 g/mol. The largest absolute Gasteiger partial charge is 0.275 e. The minimum absolute atomic E-state index is 0.0401. The van der Waals surface area contributed by atoms with Gasteiger partial charge in [0.15, 0.2) is 11.6 Å². The van der Waals surface area contributed by atoms with Crippen LogP contribution in [0.3, 0.4) is 0 Å². The second kappa shape index (κ2) is 3.49. The lowest BCUT2D eigenvalue weighted by Crippen LogP contribution is -1.97. The summed E-state index contributed by atoms with van der Waals surface area (Å²) >= 11 is 7.73. The Morgan fingerprint density at radius 3 is 2.42 bits per heavy atom. The van der Waals surface area contributed by atoms with Crippen LogP contribution in [0.4, 0.5) is 8.78 Å². The monoisotopic (exact) mass is 254 g/mol. The molecule has 0 saturated heterocycles. The molecule has 0 aliphatic carbocycles. The van der Waals surface area contributed by atoms with Crippen molar-refractivity contribution < 1.29 is 13.6 Å². The van der Waals surface area contributed by atoms with Crippen molar-refractivity contribution in [3.05, 3.63) is 33.8 Å². The third-order valence-corrected chi connectivity index (χ3v) is 2.06. The fraction of sp³-hybridized carbons (Fsp3) is 0. The van der Waals surface area contributed by atoms with E-state index in [1.165, 1.54) is 6.07 Å². The van der Waals surface area contributed by atoms with Gasteiger partial charge in [0, 0.05) is 0 Å². The standard InChI is InChI=1S/C7H2BrClF2O/c8-4-2-1-3(7(9)12)5(10)6(4)11/h1-2H. The van der Waals surface area contributed by atoms with E-state index in [1.54, 1.807) is 0 Å². The van der Waals surface area contributed by atoms with Crippen molar-refractivity contribution in [2.45, 2.75) is 0 Å². The van der Waals surface area contributed by atoms with Crippen LogP contribution in [0.2, 0.25) is 0 Å². The predicted molar refractivity (Wildman–Crippen MR) is 44.2 cm³/mol. The quantitative estimate of drug-likeness (QED) is 0.557. The molecule has 0 aromatic heterocycles. The molecule has 12 heavy (non-hydrogen) atoms. The highest BCUT2D eigenvalue weighted by molar-refractivity contribution is 9.10. The summed E-state index contributed by atoms with van der Waals surface area (Å²) in [5.74, 6) is -2.34. The number of carbonyl (C=O) groups excluding carboxylic acids is 1. The average molecular weight is 255 g/mol. The third-order valence-electron chi connectivity index (χ3n) is 1.25. The number of hydrogen-bond donors (Lipinski definition) is 0. The van der Waals surface area contributed by atoms with Gasteiger partial charge >= 0.3 is 0 Å². The zero-order valence-corrected chi connectivity index (χ0v) is 7.92. The molecule has 0 bridgehead atoms. The molecule has 0 amide bonds. The van der Waals surface area contributed by atoms with E-state index in [1.807, 2.05) is 0 Å². The summed E-state index contributed by atoms with van der Waals surface area (Å²) in [6, 6.07) is 2.33. The minimum atomic E-state index is -1.23. The molecule has 0 radical (unpaired) electrons. The van der Waals surface area contributed by atoms with Gasteiger partial charge in [0.2, 0.25) is 0 Å². The molecule has 0 aliphatic heterocycles. The van der Waals surface area contributed by atoms with E-state index in [0.29, 0.717) is 0 Å². The summed E-state index contributed by atoms with van der Waals surface area (Å²) in [5.41, 5.74) is -0.461. The minimum Gasteiger partial charge on any atom is -0.275 e. The van der Waals surface area contributed by atoms with Gasteiger partial charge in [-0.05, 0) is 39.7 Å². The van der Waals surface area contributed by atoms with E-state index in [4.69, 9.17) is 11.6 Å². The van der Waals surface area contributed by atoms with E-state index in [9.17, 15) is 13.6 Å². The summed E-state index contributed by atoms with van der Waals surface area (Å²) < 4.78 is 25.5. The summed E-state index contributed by atoms with van der Waals surface area (Å²) in [4.78, 5) is 10.5. The Bertz CT molecular complexity index is 340. The van der Waals surface area contributed by atoms with Gasteiger partial charge in [0.25, 0.3) is 5.24 Å². The highest BCUT2D eigenvalue weighted by atomic mass is 79.9. The second-order valence-electron chi connectivity index (χ2n) is 2.00. The van der Waals surface area contributed by atoms with E-state index in [0.717, 1.165) is 6.07 Å². The molecule has 1 aromatic carbocycles. The Balaban J connectivity index is 3.36. The first-order chi connectivity index (χ1) is 5.54. The number of halogens is 4. The number of rotatable bonds is 1. The Hall–Kier alpha value is -0.480. The van der Waals surface area contributed by atoms with Gasteiger partial charge in [-0.15, -0.1) is 0 Å². The number of benzene rings is 1. The summed E-state index contributed by atoms with van der Waals surface area (Å²) in [7, 11) is 0. The molecule has 0 aliphatic rings. The highest BCUT2D eigenvalue weighted by Crippen LogP contribution is 2.21. The summed E-state index contributed by atoms with van der Waals surface area (Å²) in [6.45, 7) is 0. The van der Waals surface area contributed by atoms with Gasteiger partial charge in [-0.3, -0.25) is 4.79 Å². The van der Waals surface area contributed by atoms with Crippen molar-refractivity contribution in [1.29, 1.82) is 0 Å². The molecule has 0 spiro atoms. The van der Waals surface area contributed by atoms with Crippen molar-refractivity contribution in [3.8, 4) is 0 Å². The summed E-state index contributed by atoms with van der Waals surface area (Å²) in [5, 5.41) is -1.01. The van der Waals surface area contributed by atoms with E-state index >= 15 is 0 Å². The smallest absolute Gasteiger partial charge is 0.255 e. The van der Waals surface area contributed by atoms with Crippen LogP contribution in [0, 0.1) is 11.6 Å². The first-order valence-electron chi connectivity index (χ1n) is 2.87. The zero-order chi connectivity index (χ0) is 9.30. The van der Waals surface area contributed by atoms with Crippen molar-refractivity contribution in [2.24, 2.45) is 0 Å². The normalized spacial score (nSPS) is 10.0. The average Bonchev–Trinajstić information content (AvgIpc) is 2.00. The molecular formula is C7H2BrClF2O. The van der Waals surface area contributed by atoms with Crippen LogP contribution in [0.15, 0.2) is 16.6 Å². The van der Waals surface area contributed by atoms with Gasteiger partial charge in [-0.2, -0.15) is 0 Å². The molecule has 1 aromatic rings. The predicted octanol–water partition coefficient (Wildman–Crippen LogP) is 3.11.